The zero-order chi connectivity index (χ0) is 18.8. The van der Waals surface area contributed by atoms with Gasteiger partial charge >= 0.3 is 0 Å². The van der Waals surface area contributed by atoms with E-state index in [2.05, 4.69) is 4.84 Å². The van der Waals surface area contributed by atoms with Gasteiger partial charge in [-0.3, -0.25) is 14.8 Å². The molecule has 7 heteroatoms. The van der Waals surface area contributed by atoms with E-state index in [1.54, 1.807) is 5.64 Å². The summed E-state index contributed by atoms with van der Waals surface area (Å²) in [5.41, 5.74) is 2.73. The van der Waals surface area contributed by atoms with Crippen molar-refractivity contribution in [3.8, 4) is 5.75 Å². The van der Waals surface area contributed by atoms with Crippen LogP contribution < -0.4 is 10.4 Å². The van der Waals surface area contributed by atoms with Crippen LogP contribution in [0.15, 0.2) is 24.3 Å². The minimum Gasteiger partial charge on any atom is -0.494 e. The molecule has 1 aliphatic rings. The Morgan fingerprint density at radius 2 is 1.96 bits per heavy atom. The fourth-order valence-corrected chi connectivity index (χ4v) is 3.34. The number of aryl methyl sites for hydroxylation is 1. The summed E-state index contributed by atoms with van der Waals surface area (Å²) in [7, 11) is 0. The Balaban J connectivity index is 1.89. The molecule has 0 unspecified atom stereocenters. The van der Waals surface area contributed by atoms with Crippen molar-refractivity contribution in [3.05, 3.63) is 29.8 Å². The molecule has 146 valence electrons. The van der Waals surface area contributed by atoms with Crippen molar-refractivity contribution in [2.75, 3.05) is 26.3 Å². The molecule has 2 rings (SSSR count). The number of aliphatic hydroxyl groups excluding tert-OH is 1. The maximum atomic E-state index is 12.7. The first kappa shape index (κ1) is 20.6. The molecule has 26 heavy (non-hydrogen) atoms. The number of aliphatic hydroxyl groups is 1. The molecule has 1 aliphatic heterocycles. The highest BCUT2D eigenvalue weighted by Gasteiger charge is 2.31. The number of nitrogens with zero attached hydrogens (tertiary/aromatic N) is 1. The molecule has 3 N–H and O–H groups in total. The van der Waals surface area contributed by atoms with Crippen LogP contribution in [0.3, 0.4) is 0 Å². The van der Waals surface area contributed by atoms with Crippen LogP contribution in [0.5, 0.6) is 5.75 Å². The van der Waals surface area contributed by atoms with E-state index >= 15 is 0 Å². The largest absolute Gasteiger partial charge is 0.494 e. The van der Waals surface area contributed by atoms with E-state index in [9.17, 15) is 9.90 Å². The smallest absolute Gasteiger partial charge is 0.228 e. The van der Waals surface area contributed by atoms with Gasteiger partial charge in [0.25, 0.3) is 0 Å². The summed E-state index contributed by atoms with van der Waals surface area (Å²) in [5.74, 6) is 0.301. The molecular formula is C19H30N2O5. The molecule has 0 saturated carbocycles. The van der Waals surface area contributed by atoms with Gasteiger partial charge in [0, 0.05) is 13.1 Å². The topological polar surface area (TPSA) is 91.3 Å². The van der Waals surface area contributed by atoms with Gasteiger partial charge in [-0.15, -0.1) is 0 Å². The third kappa shape index (κ3) is 6.25. The standard InChI is InChI=1S/C19H30N2O5/c1-2-25-16-10-8-15(9-11-16)6-5-7-17(18(22)14-26-20-24)19(23)21-12-3-4-13-21/h8-11,17-18,20,22,24H,2-7,12-14H2,1H3/t17-,18-/m1/s1. The average Bonchev–Trinajstić information content (AvgIpc) is 3.19. The summed E-state index contributed by atoms with van der Waals surface area (Å²) in [6.07, 6.45) is 3.23. The van der Waals surface area contributed by atoms with Crippen LogP contribution in [-0.2, 0) is 16.1 Å². The Kier molecular flexibility index (Phi) is 8.84. The lowest BCUT2D eigenvalue weighted by Gasteiger charge is -2.26. The van der Waals surface area contributed by atoms with Gasteiger partial charge in [-0.25, -0.2) is 0 Å². The van der Waals surface area contributed by atoms with Gasteiger partial charge in [0.15, 0.2) is 0 Å². The number of carbonyl (C=O) groups excluding carboxylic acids is 1. The fraction of sp³-hybridized carbons (Fsp3) is 0.632. The second kappa shape index (κ2) is 11.1. The van der Waals surface area contributed by atoms with Crippen LogP contribution in [-0.4, -0.2) is 53.5 Å². The fourth-order valence-electron chi connectivity index (χ4n) is 3.34. The maximum Gasteiger partial charge on any atom is 0.228 e. The van der Waals surface area contributed by atoms with E-state index in [0.717, 1.165) is 44.5 Å². The highest BCUT2D eigenvalue weighted by atomic mass is 16.8. The minimum absolute atomic E-state index is 0.0248. The van der Waals surface area contributed by atoms with Gasteiger partial charge in [-0.05, 0) is 56.7 Å². The van der Waals surface area contributed by atoms with Gasteiger partial charge in [0.1, 0.15) is 5.75 Å². The van der Waals surface area contributed by atoms with Crippen LogP contribution in [0.4, 0.5) is 0 Å². The number of amides is 1. The highest BCUT2D eigenvalue weighted by molar-refractivity contribution is 5.79. The van der Waals surface area contributed by atoms with Gasteiger partial charge in [0.05, 0.1) is 25.2 Å². The zero-order valence-corrected chi connectivity index (χ0v) is 15.4. The number of benzene rings is 1. The van der Waals surface area contributed by atoms with Crippen molar-refractivity contribution >= 4 is 5.91 Å². The number of carbonyl (C=O) groups is 1. The summed E-state index contributed by atoms with van der Waals surface area (Å²) in [6, 6.07) is 7.94. The Bertz CT molecular complexity index is 531. The van der Waals surface area contributed by atoms with Gasteiger partial charge in [-0.1, -0.05) is 17.8 Å². The van der Waals surface area contributed by atoms with E-state index in [-0.39, 0.29) is 12.5 Å². The van der Waals surface area contributed by atoms with Crippen LogP contribution in [0.25, 0.3) is 0 Å². The minimum atomic E-state index is -0.955. The molecule has 0 aromatic heterocycles. The van der Waals surface area contributed by atoms with Crippen LogP contribution >= 0.6 is 0 Å². The molecule has 1 heterocycles. The first-order valence-electron chi connectivity index (χ1n) is 9.35. The van der Waals surface area contributed by atoms with Gasteiger partial charge < -0.3 is 14.7 Å². The van der Waals surface area contributed by atoms with Crippen molar-refractivity contribution in [2.45, 2.75) is 45.1 Å². The van der Waals surface area contributed by atoms with E-state index in [1.165, 1.54) is 5.56 Å². The van der Waals surface area contributed by atoms with Crippen molar-refractivity contribution < 1.29 is 24.7 Å². The second-order valence-corrected chi connectivity index (χ2v) is 6.58. The van der Waals surface area contributed by atoms with Crippen LogP contribution in [0.1, 0.15) is 38.2 Å². The molecule has 0 aliphatic carbocycles. The molecular weight excluding hydrogens is 336 g/mol. The Morgan fingerprint density at radius 1 is 1.27 bits per heavy atom. The van der Waals surface area contributed by atoms with E-state index in [0.29, 0.717) is 13.0 Å². The summed E-state index contributed by atoms with van der Waals surface area (Å²) in [5, 5.41) is 18.9. The lowest BCUT2D eigenvalue weighted by atomic mass is 9.93. The lowest BCUT2D eigenvalue weighted by Crippen LogP contribution is -2.42. The molecule has 2 atom stereocenters. The quantitative estimate of drug-likeness (QED) is 0.518. The second-order valence-electron chi connectivity index (χ2n) is 6.58. The van der Waals surface area contributed by atoms with Crippen molar-refractivity contribution in [1.29, 1.82) is 0 Å². The summed E-state index contributed by atoms with van der Waals surface area (Å²) < 4.78 is 5.44. The highest BCUT2D eigenvalue weighted by Crippen LogP contribution is 2.21. The first-order valence-corrected chi connectivity index (χ1v) is 9.35. The Hall–Kier alpha value is -1.67. The van der Waals surface area contributed by atoms with E-state index < -0.39 is 12.0 Å². The van der Waals surface area contributed by atoms with Crippen LogP contribution in [0.2, 0.25) is 0 Å². The maximum absolute atomic E-state index is 12.7. The SMILES string of the molecule is CCOc1ccc(CCC[C@@H](C(=O)N2CCCC2)[C@H](O)CONO)cc1. The van der Waals surface area contributed by atoms with Gasteiger partial charge in [0.2, 0.25) is 5.91 Å². The summed E-state index contributed by atoms with van der Waals surface area (Å²) in [6.45, 7) is 3.96. The molecule has 1 aromatic rings. The molecule has 1 amide bonds. The monoisotopic (exact) mass is 366 g/mol. The summed E-state index contributed by atoms with van der Waals surface area (Å²) >= 11 is 0. The van der Waals surface area contributed by atoms with Crippen LogP contribution in [0, 0.1) is 5.92 Å². The summed E-state index contributed by atoms with van der Waals surface area (Å²) in [4.78, 5) is 19.2. The predicted molar refractivity (Wildman–Crippen MR) is 96.7 cm³/mol. The molecule has 0 radical (unpaired) electrons. The number of hydrogen-bond donors (Lipinski definition) is 3. The molecule has 1 aromatic carbocycles. The molecule has 1 fully saturated rings. The van der Waals surface area contributed by atoms with Crippen molar-refractivity contribution in [3.63, 3.8) is 0 Å². The Morgan fingerprint density at radius 3 is 2.58 bits per heavy atom. The molecule has 0 bridgehead atoms. The van der Waals surface area contributed by atoms with E-state index in [1.807, 2.05) is 36.1 Å². The normalized spacial score (nSPS) is 16.5. The number of rotatable bonds is 11. The molecule has 1 saturated heterocycles. The molecule has 7 nitrogen and oxygen atoms in total. The number of ether oxygens (including phenoxy) is 1. The van der Waals surface area contributed by atoms with Crippen molar-refractivity contribution in [1.82, 2.24) is 10.5 Å². The Labute approximate surface area is 154 Å². The van der Waals surface area contributed by atoms with E-state index in [4.69, 9.17) is 9.94 Å². The van der Waals surface area contributed by atoms with Crippen molar-refractivity contribution in [2.24, 2.45) is 5.92 Å². The number of nitrogens with one attached hydrogen (secondary N) is 1. The third-order valence-corrected chi connectivity index (χ3v) is 4.73. The average molecular weight is 366 g/mol. The van der Waals surface area contributed by atoms with Gasteiger partial charge in [-0.2, -0.15) is 0 Å². The lowest BCUT2D eigenvalue weighted by molar-refractivity contribution is -0.162. The zero-order valence-electron chi connectivity index (χ0n) is 15.4. The number of likely N-dealkylation sites (tertiary alicyclic amines) is 1. The third-order valence-electron chi connectivity index (χ3n) is 4.73. The first-order chi connectivity index (χ1) is 12.7. The molecule has 0 spiro atoms. The predicted octanol–water partition coefficient (Wildman–Crippen LogP) is 1.92. The number of hydrogen-bond acceptors (Lipinski definition) is 6.